The molecule has 0 aliphatic rings. The Labute approximate surface area is 103 Å². The summed E-state index contributed by atoms with van der Waals surface area (Å²) in [5.41, 5.74) is 4.50. The summed E-state index contributed by atoms with van der Waals surface area (Å²) in [5, 5.41) is 13.1. The number of nitrogens with one attached hydrogen (secondary N) is 1. The lowest BCUT2D eigenvalue weighted by Gasteiger charge is -2.05. The number of anilines is 1. The van der Waals surface area contributed by atoms with Gasteiger partial charge in [-0.3, -0.25) is 14.9 Å². The number of halogens is 2. The van der Waals surface area contributed by atoms with Crippen LogP contribution in [0.3, 0.4) is 0 Å². The topological polar surface area (TPSA) is 98.3 Å². The van der Waals surface area contributed by atoms with Crippen molar-refractivity contribution >= 4 is 39.9 Å². The normalized spacial score (nSPS) is 9.88. The lowest BCUT2D eigenvalue weighted by molar-refractivity contribution is -0.384. The fourth-order valence-corrected chi connectivity index (χ4v) is 1.46. The van der Waals surface area contributed by atoms with Crippen LogP contribution in [-0.2, 0) is 4.79 Å². The zero-order valence-electron chi connectivity index (χ0n) is 7.87. The molecule has 0 aliphatic heterocycles. The molecule has 3 N–H and O–H groups in total. The van der Waals surface area contributed by atoms with Crippen LogP contribution in [0.1, 0.15) is 0 Å². The van der Waals surface area contributed by atoms with Crippen molar-refractivity contribution < 1.29 is 14.1 Å². The van der Waals surface area contributed by atoms with Crippen LogP contribution in [0.2, 0.25) is 0 Å². The first-order valence-corrected chi connectivity index (χ1v) is 5.15. The van der Waals surface area contributed by atoms with E-state index < -0.39 is 16.6 Å². The van der Waals surface area contributed by atoms with Crippen LogP contribution in [0.5, 0.6) is 0 Å². The average molecular weight is 339 g/mol. The largest absolute Gasteiger partial charge is 0.370 e. The van der Waals surface area contributed by atoms with E-state index in [0.29, 0.717) is 0 Å². The predicted molar refractivity (Wildman–Crippen MR) is 63.5 cm³/mol. The molecule has 0 aliphatic carbocycles. The van der Waals surface area contributed by atoms with Crippen molar-refractivity contribution in [3.63, 3.8) is 0 Å². The number of nitrogens with zero attached hydrogens (tertiary/aromatic N) is 1. The molecule has 0 atom stereocenters. The van der Waals surface area contributed by atoms with Crippen molar-refractivity contribution in [2.45, 2.75) is 0 Å². The minimum Gasteiger partial charge on any atom is -0.370 e. The van der Waals surface area contributed by atoms with E-state index in [1.807, 2.05) is 0 Å². The van der Waals surface area contributed by atoms with Crippen LogP contribution in [-0.4, -0.2) is 17.4 Å². The highest BCUT2D eigenvalue weighted by Crippen LogP contribution is 2.28. The Morgan fingerprint density at radius 1 is 1.62 bits per heavy atom. The fraction of sp³-hybridized carbons (Fsp3) is 0.125. The molecule has 0 spiro atoms. The summed E-state index contributed by atoms with van der Waals surface area (Å²) in [4.78, 5) is 20.5. The molecular weight excluding hydrogens is 332 g/mol. The molecule has 0 aromatic heterocycles. The first-order chi connectivity index (χ1) is 7.41. The summed E-state index contributed by atoms with van der Waals surface area (Å²) >= 11 is 1.64. The molecule has 0 radical (unpaired) electrons. The number of hydrogen-bond donors (Lipinski definition) is 2. The number of carbonyl (C=O) groups excluding carboxylic acids is 1. The van der Waals surface area contributed by atoms with Gasteiger partial charge in [-0.2, -0.15) is 0 Å². The van der Waals surface area contributed by atoms with Crippen LogP contribution in [0.15, 0.2) is 12.1 Å². The minimum atomic E-state index is -0.687. The molecule has 0 unspecified atom stereocenters. The number of carbonyl (C=O) groups is 1. The van der Waals surface area contributed by atoms with E-state index in [1.54, 1.807) is 22.6 Å². The van der Waals surface area contributed by atoms with Gasteiger partial charge in [-0.25, -0.2) is 4.39 Å². The van der Waals surface area contributed by atoms with Crippen molar-refractivity contribution in [1.29, 1.82) is 0 Å². The second-order valence-electron chi connectivity index (χ2n) is 2.86. The van der Waals surface area contributed by atoms with E-state index >= 15 is 0 Å². The van der Waals surface area contributed by atoms with Gasteiger partial charge in [0.05, 0.1) is 15.0 Å². The minimum absolute atomic E-state index is 0.0679. The molecule has 6 nitrogen and oxygen atoms in total. The SMILES string of the molecule is NC(=O)CNc1cc(F)c(I)cc1[N+](=O)[O-]. The van der Waals surface area contributed by atoms with Crippen LogP contribution in [0.25, 0.3) is 0 Å². The molecule has 0 saturated heterocycles. The summed E-state index contributed by atoms with van der Waals surface area (Å²) in [5.74, 6) is -1.29. The first-order valence-electron chi connectivity index (χ1n) is 4.07. The van der Waals surface area contributed by atoms with Gasteiger partial charge in [-0.1, -0.05) is 0 Å². The van der Waals surface area contributed by atoms with E-state index in [4.69, 9.17) is 5.73 Å². The van der Waals surface area contributed by atoms with Gasteiger partial charge in [-0.05, 0) is 22.6 Å². The lowest BCUT2D eigenvalue weighted by atomic mass is 10.2. The summed E-state index contributed by atoms with van der Waals surface area (Å²) in [6.07, 6.45) is 0. The number of amides is 1. The molecule has 1 aromatic carbocycles. The van der Waals surface area contributed by atoms with Gasteiger partial charge >= 0.3 is 0 Å². The van der Waals surface area contributed by atoms with Crippen molar-refractivity contribution in [3.05, 3.63) is 31.6 Å². The first kappa shape index (κ1) is 12.6. The molecule has 0 saturated carbocycles. The van der Waals surface area contributed by atoms with Gasteiger partial charge in [-0.15, -0.1) is 0 Å². The van der Waals surface area contributed by atoms with Gasteiger partial charge < -0.3 is 11.1 Å². The van der Waals surface area contributed by atoms with Crippen LogP contribution in [0.4, 0.5) is 15.8 Å². The quantitative estimate of drug-likeness (QED) is 0.490. The van der Waals surface area contributed by atoms with Gasteiger partial charge in [0.1, 0.15) is 11.5 Å². The standard InChI is InChI=1S/C8H7FIN3O3/c9-4-1-6(12-3-8(11)14)7(13(15)16)2-5(4)10/h1-2,12H,3H2,(H2,11,14). The lowest BCUT2D eigenvalue weighted by Crippen LogP contribution is -2.22. The van der Waals surface area contributed by atoms with Crippen molar-refractivity contribution in [1.82, 2.24) is 0 Å². The monoisotopic (exact) mass is 339 g/mol. The Hall–Kier alpha value is -1.45. The highest BCUT2D eigenvalue weighted by Gasteiger charge is 2.17. The molecule has 1 aromatic rings. The third-order valence-corrected chi connectivity index (χ3v) is 2.52. The maximum atomic E-state index is 13.2. The number of nitrogens with two attached hydrogens (primary N) is 1. The summed E-state index contributed by atoms with van der Waals surface area (Å²) in [6, 6.07) is 2.04. The summed E-state index contributed by atoms with van der Waals surface area (Å²) in [6.45, 7) is -0.291. The highest BCUT2D eigenvalue weighted by molar-refractivity contribution is 14.1. The molecular formula is C8H7FIN3O3. The number of benzene rings is 1. The van der Waals surface area contributed by atoms with Crippen molar-refractivity contribution in [2.75, 3.05) is 11.9 Å². The maximum absolute atomic E-state index is 13.2. The van der Waals surface area contributed by atoms with E-state index in [1.165, 1.54) is 0 Å². The van der Waals surface area contributed by atoms with Gasteiger partial charge in [0.25, 0.3) is 5.69 Å². The summed E-state index contributed by atoms with van der Waals surface area (Å²) < 4.78 is 13.3. The van der Waals surface area contributed by atoms with Crippen LogP contribution < -0.4 is 11.1 Å². The Bertz CT molecular complexity index is 452. The molecule has 1 rings (SSSR count). The number of rotatable bonds is 4. The average Bonchev–Trinajstić information content (AvgIpc) is 2.18. The van der Waals surface area contributed by atoms with Crippen molar-refractivity contribution in [2.24, 2.45) is 5.73 Å². The zero-order chi connectivity index (χ0) is 12.3. The van der Waals surface area contributed by atoms with Gasteiger partial charge in [0.2, 0.25) is 5.91 Å². The number of nitro groups is 1. The van der Waals surface area contributed by atoms with E-state index in [9.17, 15) is 19.3 Å². The third-order valence-electron chi connectivity index (χ3n) is 1.69. The van der Waals surface area contributed by atoms with E-state index in [-0.39, 0.29) is 21.5 Å². The number of nitro benzene ring substituents is 1. The Morgan fingerprint density at radius 3 is 2.75 bits per heavy atom. The van der Waals surface area contributed by atoms with E-state index in [2.05, 4.69) is 5.32 Å². The van der Waals surface area contributed by atoms with Gasteiger partial charge in [0, 0.05) is 12.1 Å². The smallest absolute Gasteiger partial charge is 0.293 e. The number of hydrogen-bond acceptors (Lipinski definition) is 4. The zero-order valence-corrected chi connectivity index (χ0v) is 10.0. The Balaban J connectivity index is 3.09. The maximum Gasteiger partial charge on any atom is 0.293 e. The fourth-order valence-electron chi connectivity index (χ4n) is 1.01. The van der Waals surface area contributed by atoms with Crippen molar-refractivity contribution in [3.8, 4) is 0 Å². The Kier molecular flexibility index (Phi) is 3.99. The molecule has 0 heterocycles. The third kappa shape index (κ3) is 3.02. The molecule has 1 amide bonds. The van der Waals surface area contributed by atoms with Crippen LogP contribution in [0, 0.1) is 19.5 Å². The molecule has 8 heteroatoms. The predicted octanol–water partition coefficient (Wildman–Crippen LogP) is 1.24. The van der Waals surface area contributed by atoms with Crippen LogP contribution >= 0.6 is 22.6 Å². The number of primary amides is 1. The molecule has 0 fully saturated rings. The second kappa shape index (κ2) is 5.05. The summed E-state index contributed by atoms with van der Waals surface area (Å²) in [7, 11) is 0. The molecule has 16 heavy (non-hydrogen) atoms. The van der Waals surface area contributed by atoms with E-state index in [0.717, 1.165) is 12.1 Å². The Morgan fingerprint density at radius 2 is 2.25 bits per heavy atom. The second-order valence-corrected chi connectivity index (χ2v) is 4.02. The molecule has 86 valence electrons. The highest BCUT2D eigenvalue weighted by atomic mass is 127. The molecule has 0 bridgehead atoms. The van der Waals surface area contributed by atoms with Gasteiger partial charge in [0.15, 0.2) is 0 Å².